The lowest BCUT2D eigenvalue weighted by atomic mass is 10.3. The van der Waals surface area contributed by atoms with Crippen molar-refractivity contribution in [3.8, 4) is 0 Å². The van der Waals surface area contributed by atoms with Crippen molar-refractivity contribution in [2.24, 2.45) is 0 Å². The quantitative estimate of drug-likeness (QED) is 0.509. The van der Waals surface area contributed by atoms with Crippen LogP contribution in [0.25, 0.3) is 0 Å². The largest absolute Gasteiger partial charge is 0.456 e. The van der Waals surface area contributed by atoms with Gasteiger partial charge in [-0.2, -0.15) is 0 Å². The molecule has 3 nitrogen and oxygen atoms in total. The maximum atomic E-state index is 11.2. The molecule has 3 heteroatoms. The number of hydrogen-bond acceptors (Lipinski definition) is 2. The van der Waals surface area contributed by atoms with E-state index in [9.17, 15) is 4.79 Å². The van der Waals surface area contributed by atoms with Gasteiger partial charge in [-0.05, 0) is 13.1 Å². The van der Waals surface area contributed by atoms with Gasteiger partial charge in [-0.1, -0.05) is 6.92 Å². The van der Waals surface area contributed by atoms with Crippen molar-refractivity contribution < 1.29 is 4.79 Å². The number of rotatable bonds is 1. The highest BCUT2D eigenvalue weighted by Gasteiger charge is 2.14. The molecule has 0 aromatic heterocycles. The van der Waals surface area contributed by atoms with Crippen LogP contribution >= 0.6 is 0 Å². The third kappa shape index (κ3) is 2.19. The van der Waals surface area contributed by atoms with E-state index in [0.29, 0.717) is 6.42 Å². The highest BCUT2D eigenvalue weighted by Crippen LogP contribution is 2.01. The average Bonchev–Trinajstić information content (AvgIpc) is 2.05. The van der Waals surface area contributed by atoms with Gasteiger partial charge in [-0.25, -0.2) is 0 Å². The zero-order chi connectivity index (χ0) is 8.27. The summed E-state index contributed by atoms with van der Waals surface area (Å²) < 4.78 is 0. The van der Waals surface area contributed by atoms with Crippen LogP contribution in [-0.4, -0.2) is 41.9 Å². The van der Waals surface area contributed by atoms with E-state index in [4.69, 9.17) is 0 Å². The lowest BCUT2D eigenvalue weighted by molar-refractivity contribution is -0.132. The maximum Gasteiger partial charge on any atom is 0.222 e. The van der Waals surface area contributed by atoms with Gasteiger partial charge in [0.15, 0.2) is 0 Å². The highest BCUT2D eigenvalue weighted by atomic mass is 16.2. The third-order valence-corrected chi connectivity index (χ3v) is 2.03. The Labute approximate surface area is 68.0 Å². The number of hydrogen-bond donors (Lipinski definition) is 0. The van der Waals surface area contributed by atoms with Crippen molar-refractivity contribution >= 4 is 5.91 Å². The van der Waals surface area contributed by atoms with Crippen molar-refractivity contribution in [1.82, 2.24) is 9.80 Å². The maximum absolute atomic E-state index is 11.2. The molecule has 1 heterocycles. The van der Waals surface area contributed by atoms with Crippen LogP contribution in [0, 0.1) is 7.05 Å². The second-order valence-electron chi connectivity index (χ2n) is 2.85. The zero-order valence-corrected chi connectivity index (χ0v) is 7.05. The molecule has 0 saturated carbocycles. The fourth-order valence-corrected chi connectivity index (χ4v) is 1.22. The molecule has 1 saturated heterocycles. The van der Waals surface area contributed by atoms with Crippen molar-refractivity contribution in [3.63, 3.8) is 0 Å². The van der Waals surface area contributed by atoms with E-state index in [1.807, 2.05) is 16.7 Å². The summed E-state index contributed by atoms with van der Waals surface area (Å²) in [4.78, 5) is 15.1. The number of amides is 1. The van der Waals surface area contributed by atoms with Crippen LogP contribution in [0.15, 0.2) is 0 Å². The lowest BCUT2D eigenvalue weighted by Gasteiger charge is -2.36. The minimum Gasteiger partial charge on any atom is -0.456 e. The molecular weight excluding hydrogens is 140 g/mol. The smallest absolute Gasteiger partial charge is 0.222 e. The molecule has 1 fully saturated rings. The molecule has 1 aliphatic heterocycles. The molecule has 64 valence electrons. The summed E-state index contributed by atoms with van der Waals surface area (Å²) in [6.07, 6.45) is 0.622. The van der Waals surface area contributed by atoms with E-state index in [1.54, 1.807) is 0 Å². The van der Waals surface area contributed by atoms with E-state index in [0.717, 1.165) is 26.2 Å². The Hall–Kier alpha value is -0.570. The molecule has 0 radical (unpaired) electrons. The molecule has 0 aromatic rings. The van der Waals surface area contributed by atoms with Gasteiger partial charge in [0.25, 0.3) is 0 Å². The molecular formula is C8H15N2O-. The van der Waals surface area contributed by atoms with Crippen molar-refractivity contribution in [2.45, 2.75) is 13.3 Å². The molecule has 1 aliphatic rings. The molecule has 0 atom stereocenters. The molecule has 1 amide bonds. The summed E-state index contributed by atoms with van der Waals surface area (Å²) in [6, 6.07) is 0. The summed E-state index contributed by atoms with van der Waals surface area (Å²) >= 11 is 0. The lowest BCUT2D eigenvalue weighted by Crippen LogP contribution is -2.46. The first-order chi connectivity index (χ1) is 5.24. The Balaban J connectivity index is 2.33. The fraction of sp³-hybridized carbons (Fsp3) is 0.750. The summed E-state index contributed by atoms with van der Waals surface area (Å²) in [5.41, 5.74) is 0. The van der Waals surface area contributed by atoms with Gasteiger partial charge in [0, 0.05) is 19.5 Å². The zero-order valence-electron chi connectivity index (χ0n) is 7.05. The predicted molar refractivity (Wildman–Crippen MR) is 43.8 cm³/mol. The molecule has 11 heavy (non-hydrogen) atoms. The van der Waals surface area contributed by atoms with Crippen LogP contribution < -0.4 is 0 Å². The molecule has 0 unspecified atom stereocenters. The van der Waals surface area contributed by atoms with E-state index < -0.39 is 0 Å². The van der Waals surface area contributed by atoms with Crippen LogP contribution in [0.4, 0.5) is 0 Å². The minimum absolute atomic E-state index is 0.262. The molecule has 0 aromatic carbocycles. The van der Waals surface area contributed by atoms with Gasteiger partial charge in [0.05, 0.1) is 0 Å². The Bertz CT molecular complexity index is 139. The topological polar surface area (TPSA) is 23.6 Å². The van der Waals surface area contributed by atoms with Crippen molar-refractivity contribution in [2.75, 3.05) is 26.2 Å². The van der Waals surface area contributed by atoms with Crippen LogP contribution in [0.2, 0.25) is 0 Å². The van der Waals surface area contributed by atoms with Crippen LogP contribution in [0.3, 0.4) is 0 Å². The molecule has 0 bridgehead atoms. The van der Waals surface area contributed by atoms with Gasteiger partial charge in [0.1, 0.15) is 0 Å². The van der Waals surface area contributed by atoms with Crippen LogP contribution in [0.5, 0.6) is 0 Å². The second-order valence-corrected chi connectivity index (χ2v) is 2.85. The Morgan fingerprint density at radius 2 is 1.91 bits per heavy atom. The van der Waals surface area contributed by atoms with E-state index >= 15 is 0 Å². The number of carbonyl (C=O) groups is 1. The SMILES string of the molecule is [CH2-]N1CCN(C(=O)CC)CC1. The average molecular weight is 155 g/mol. The first-order valence-electron chi connectivity index (χ1n) is 4.07. The first-order valence-corrected chi connectivity index (χ1v) is 4.07. The second kappa shape index (κ2) is 3.72. The van der Waals surface area contributed by atoms with Crippen molar-refractivity contribution in [1.29, 1.82) is 0 Å². The number of carbonyl (C=O) groups excluding carboxylic acids is 1. The van der Waals surface area contributed by atoms with Crippen molar-refractivity contribution in [3.05, 3.63) is 7.05 Å². The summed E-state index contributed by atoms with van der Waals surface area (Å²) in [6.45, 7) is 5.41. The molecule has 1 rings (SSSR count). The summed E-state index contributed by atoms with van der Waals surface area (Å²) in [7, 11) is 3.81. The summed E-state index contributed by atoms with van der Waals surface area (Å²) in [5.74, 6) is 0.262. The number of nitrogens with zero attached hydrogens (tertiary/aromatic N) is 2. The van der Waals surface area contributed by atoms with Crippen LogP contribution in [0.1, 0.15) is 13.3 Å². The first kappa shape index (κ1) is 8.53. The normalized spacial score (nSPS) is 20.4. The summed E-state index contributed by atoms with van der Waals surface area (Å²) in [5, 5.41) is 0. The fourth-order valence-electron chi connectivity index (χ4n) is 1.22. The van der Waals surface area contributed by atoms with Gasteiger partial charge in [0.2, 0.25) is 5.91 Å². The van der Waals surface area contributed by atoms with E-state index in [-0.39, 0.29) is 5.91 Å². The third-order valence-electron chi connectivity index (χ3n) is 2.03. The molecule has 0 aliphatic carbocycles. The Morgan fingerprint density at radius 3 is 2.36 bits per heavy atom. The predicted octanol–water partition coefficient (Wildman–Crippen LogP) is 0.332. The monoisotopic (exact) mass is 155 g/mol. The molecule has 0 N–H and O–H groups in total. The van der Waals surface area contributed by atoms with Gasteiger partial charge < -0.3 is 9.80 Å². The van der Waals surface area contributed by atoms with E-state index in [1.165, 1.54) is 0 Å². The van der Waals surface area contributed by atoms with Gasteiger partial charge in [-0.15, -0.1) is 0 Å². The standard InChI is InChI=1S/C8H15N2O/c1-3-8(11)10-6-4-9(2)5-7-10/h2-7H2,1H3/q-1. The molecule has 0 spiro atoms. The Kier molecular flexibility index (Phi) is 2.88. The Morgan fingerprint density at radius 1 is 1.36 bits per heavy atom. The minimum atomic E-state index is 0.262. The van der Waals surface area contributed by atoms with Crippen LogP contribution in [-0.2, 0) is 4.79 Å². The van der Waals surface area contributed by atoms with Gasteiger partial charge in [-0.3, -0.25) is 11.8 Å². The highest BCUT2D eigenvalue weighted by molar-refractivity contribution is 5.75. The van der Waals surface area contributed by atoms with Gasteiger partial charge >= 0.3 is 0 Å². The number of piperazine rings is 1. The van der Waals surface area contributed by atoms with E-state index in [2.05, 4.69) is 7.05 Å².